The van der Waals surface area contributed by atoms with Crippen LogP contribution in [-0.2, 0) is 19.0 Å². The summed E-state index contributed by atoms with van der Waals surface area (Å²) in [6.07, 6.45) is 0.928. The number of carbonyl (C=O) groups excluding carboxylic acids is 2. The van der Waals surface area contributed by atoms with Crippen LogP contribution < -0.4 is 5.32 Å². The molecule has 8 heteroatoms. The Bertz CT molecular complexity index is 578. The van der Waals surface area contributed by atoms with Crippen LogP contribution in [0.3, 0.4) is 0 Å². The van der Waals surface area contributed by atoms with E-state index in [1.54, 1.807) is 38.3 Å². The van der Waals surface area contributed by atoms with Crippen molar-refractivity contribution in [3.8, 4) is 0 Å². The molecule has 2 heterocycles. The summed E-state index contributed by atoms with van der Waals surface area (Å²) >= 11 is 0. The number of hydrogen-bond donors (Lipinski definition) is 1. The monoisotopic (exact) mass is 337 g/mol. The highest BCUT2D eigenvalue weighted by Crippen LogP contribution is 2.20. The summed E-state index contributed by atoms with van der Waals surface area (Å²) in [6.45, 7) is 2.20. The number of nitrogens with zero attached hydrogens (tertiary/aromatic N) is 2. The zero-order valence-corrected chi connectivity index (χ0v) is 14.3. The van der Waals surface area contributed by atoms with Crippen LogP contribution in [0.1, 0.15) is 17.3 Å². The van der Waals surface area contributed by atoms with Gasteiger partial charge in [-0.25, -0.2) is 4.98 Å². The Kier molecular flexibility index (Phi) is 6.24. The Morgan fingerprint density at radius 2 is 2.04 bits per heavy atom. The number of methoxy groups -OCH3 is 2. The van der Waals surface area contributed by atoms with E-state index in [9.17, 15) is 9.59 Å². The van der Waals surface area contributed by atoms with Crippen molar-refractivity contribution in [2.75, 3.05) is 39.8 Å². The molecule has 1 aliphatic rings. The van der Waals surface area contributed by atoms with Gasteiger partial charge in [0.25, 0.3) is 5.91 Å². The lowest BCUT2D eigenvalue weighted by Gasteiger charge is -2.40. The molecule has 3 atom stereocenters. The van der Waals surface area contributed by atoms with Gasteiger partial charge < -0.3 is 24.4 Å². The number of ether oxygens (including phenoxy) is 3. The summed E-state index contributed by atoms with van der Waals surface area (Å²) in [6, 6.07) is 2.94. The van der Waals surface area contributed by atoms with Gasteiger partial charge in [-0.1, -0.05) is 0 Å². The van der Waals surface area contributed by atoms with E-state index < -0.39 is 0 Å². The molecule has 1 N–H and O–H groups in total. The lowest BCUT2D eigenvalue weighted by Crippen LogP contribution is -2.57. The number of nitrogens with one attached hydrogen (secondary N) is 1. The predicted molar refractivity (Wildman–Crippen MR) is 86.8 cm³/mol. The van der Waals surface area contributed by atoms with Gasteiger partial charge in [-0.05, 0) is 12.1 Å². The number of rotatable bonds is 5. The lowest BCUT2D eigenvalue weighted by atomic mass is 10.0. The van der Waals surface area contributed by atoms with Crippen molar-refractivity contribution in [2.24, 2.45) is 0 Å². The normalized spacial score (nSPS) is 23.6. The third-order valence-electron chi connectivity index (χ3n) is 4.02. The third-order valence-corrected chi connectivity index (χ3v) is 4.02. The minimum absolute atomic E-state index is 0.204. The van der Waals surface area contributed by atoms with Crippen molar-refractivity contribution in [3.63, 3.8) is 0 Å². The van der Waals surface area contributed by atoms with E-state index in [0.717, 1.165) is 0 Å². The van der Waals surface area contributed by atoms with Gasteiger partial charge in [0.1, 0.15) is 18.0 Å². The molecule has 0 spiro atoms. The molecule has 0 radical (unpaired) electrons. The summed E-state index contributed by atoms with van der Waals surface area (Å²) in [5, 5.41) is 2.56. The number of likely N-dealkylation sites (N-methyl/N-ethyl adjacent to an activating group) is 1. The van der Waals surface area contributed by atoms with Crippen molar-refractivity contribution in [1.82, 2.24) is 9.88 Å². The molecule has 2 rings (SSSR count). The smallest absolute Gasteiger partial charge is 0.255 e. The summed E-state index contributed by atoms with van der Waals surface area (Å²) in [4.78, 5) is 29.3. The summed E-state index contributed by atoms with van der Waals surface area (Å²) in [5.41, 5.74) is 0.418. The molecule has 1 fully saturated rings. The molecule has 1 aromatic rings. The Morgan fingerprint density at radius 3 is 2.58 bits per heavy atom. The predicted octanol–water partition coefficient (Wildman–Crippen LogP) is 0.541. The first kappa shape index (κ1) is 18.3. The quantitative estimate of drug-likeness (QED) is 0.843. The number of amides is 2. The number of hydrogen-bond acceptors (Lipinski definition) is 6. The molecule has 0 bridgehead atoms. The average Bonchev–Trinajstić information content (AvgIpc) is 2.59. The molecule has 0 aliphatic carbocycles. The van der Waals surface area contributed by atoms with Crippen molar-refractivity contribution >= 4 is 17.6 Å². The van der Waals surface area contributed by atoms with E-state index in [4.69, 9.17) is 14.2 Å². The van der Waals surface area contributed by atoms with E-state index in [0.29, 0.717) is 24.6 Å². The zero-order chi connectivity index (χ0) is 17.7. The minimum Gasteiger partial charge on any atom is -0.376 e. The maximum atomic E-state index is 12.7. The molecule has 2 amide bonds. The second-order valence-electron chi connectivity index (χ2n) is 5.61. The Labute approximate surface area is 141 Å². The van der Waals surface area contributed by atoms with E-state index in [-0.39, 0.29) is 30.1 Å². The van der Waals surface area contributed by atoms with Crippen LogP contribution in [0, 0.1) is 0 Å². The van der Waals surface area contributed by atoms with Crippen molar-refractivity contribution < 1.29 is 23.8 Å². The van der Waals surface area contributed by atoms with Crippen molar-refractivity contribution in [3.05, 3.63) is 23.9 Å². The van der Waals surface area contributed by atoms with Gasteiger partial charge >= 0.3 is 0 Å². The van der Waals surface area contributed by atoms with E-state index >= 15 is 0 Å². The molecular formula is C16H23N3O5. The maximum Gasteiger partial charge on any atom is 0.255 e. The summed E-state index contributed by atoms with van der Waals surface area (Å²) in [7, 11) is 4.88. The van der Waals surface area contributed by atoms with Crippen molar-refractivity contribution in [1.29, 1.82) is 0 Å². The topological polar surface area (TPSA) is 90.0 Å². The Hall–Kier alpha value is -2.03. The van der Waals surface area contributed by atoms with Crippen LogP contribution >= 0.6 is 0 Å². The highest BCUT2D eigenvalue weighted by atomic mass is 16.6. The number of anilines is 1. The Balaban J connectivity index is 2.11. The van der Waals surface area contributed by atoms with Crippen LogP contribution in [-0.4, -0.2) is 74.4 Å². The molecule has 0 saturated carbocycles. The van der Waals surface area contributed by atoms with Gasteiger partial charge in [0.15, 0.2) is 0 Å². The highest BCUT2D eigenvalue weighted by molar-refractivity contribution is 5.94. The molecule has 1 saturated heterocycles. The number of carbonyl (C=O) groups is 2. The largest absolute Gasteiger partial charge is 0.376 e. The second kappa shape index (κ2) is 8.18. The van der Waals surface area contributed by atoms with Gasteiger partial charge in [-0.2, -0.15) is 0 Å². The van der Waals surface area contributed by atoms with Crippen LogP contribution in [0.4, 0.5) is 5.82 Å². The number of aromatic nitrogens is 1. The molecule has 132 valence electrons. The summed E-state index contributed by atoms with van der Waals surface area (Å²) < 4.78 is 16.4. The molecule has 24 heavy (non-hydrogen) atoms. The first-order valence-electron chi connectivity index (χ1n) is 7.62. The molecule has 1 aliphatic heterocycles. The zero-order valence-electron chi connectivity index (χ0n) is 14.3. The van der Waals surface area contributed by atoms with Gasteiger partial charge in [0.2, 0.25) is 5.91 Å². The second-order valence-corrected chi connectivity index (χ2v) is 5.61. The third kappa shape index (κ3) is 4.08. The van der Waals surface area contributed by atoms with Gasteiger partial charge in [-0.15, -0.1) is 0 Å². The minimum atomic E-state index is -0.274. The van der Waals surface area contributed by atoms with Crippen LogP contribution in [0.25, 0.3) is 0 Å². The number of pyridine rings is 1. The summed E-state index contributed by atoms with van der Waals surface area (Å²) in [5.74, 6) is -0.0206. The maximum absolute atomic E-state index is 12.7. The molecule has 0 unspecified atom stereocenters. The Morgan fingerprint density at radius 1 is 1.29 bits per heavy atom. The van der Waals surface area contributed by atoms with Gasteiger partial charge in [0.05, 0.1) is 24.8 Å². The van der Waals surface area contributed by atoms with E-state index in [2.05, 4.69) is 10.3 Å². The highest BCUT2D eigenvalue weighted by Gasteiger charge is 2.38. The van der Waals surface area contributed by atoms with Crippen molar-refractivity contribution in [2.45, 2.75) is 25.2 Å². The van der Waals surface area contributed by atoms with Crippen LogP contribution in [0.2, 0.25) is 0 Å². The van der Waals surface area contributed by atoms with E-state index in [1.807, 2.05) is 0 Å². The van der Waals surface area contributed by atoms with Gasteiger partial charge in [-0.3, -0.25) is 9.59 Å². The fraction of sp³-hybridized carbons (Fsp3) is 0.562. The lowest BCUT2D eigenvalue weighted by molar-refractivity contribution is -0.147. The van der Waals surface area contributed by atoms with E-state index in [1.165, 1.54) is 13.1 Å². The SMILES string of the molecule is CO[C@H]1[C@H](N(C)C(=O)c2ccc(NC(C)=O)nc2)COC[C@H]1OC. The standard InChI is InChI=1S/C16H23N3O5/c1-10(20)18-14-6-5-11(7-17-14)16(21)19(2)12-8-24-9-13(22-3)15(12)23-4/h5-7,12-13,15H,8-9H2,1-4H3,(H,17,18,20)/t12-,13-,15+/m1/s1. The fourth-order valence-corrected chi connectivity index (χ4v) is 2.71. The molecule has 8 nitrogen and oxygen atoms in total. The van der Waals surface area contributed by atoms with Gasteiger partial charge in [0, 0.05) is 34.4 Å². The first-order chi connectivity index (χ1) is 11.5. The fourth-order valence-electron chi connectivity index (χ4n) is 2.71. The van der Waals surface area contributed by atoms with Crippen LogP contribution in [0.5, 0.6) is 0 Å². The molecule has 1 aromatic heterocycles. The van der Waals surface area contributed by atoms with Crippen LogP contribution in [0.15, 0.2) is 18.3 Å². The molecular weight excluding hydrogens is 314 g/mol. The first-order valence-corrected chi connectivity index (χ1v) is 7.62. The average molecular weight is 337 g/mol. The molecule has 0 aromatic carbocycles.